The first-order valence-electron chi connectivity index (χ1n) is 8.87. The molecule has 3 fully saturated rings. The Morgan fingerprint density at radius 1 is 1.17 bits per heavy atom. The van der Waals surface area contributed by atoms with Crippen LogP contribution in [0.15, 0.2) is 24.5 Å². The fourth-order valence-corrected chi connectivity index (χ4v) is 4.28. The first-order chi connectivity index (χ1) is 11.4. The summed E-state index contributed by atoms with van der Waals surface area (Å²) < 4.78 is 18.0. The van der Waals surface area contributed by atoms with Gasteiger partial charge in [-0.25, -0.2) is 0 Å². The lowest BCUT2D eigenvalue weighted by Crippen LogP contribution is -2.50. The molecule has 0 aromatic carbocycles. The Hall–Kier alpha value is -1.01. The van der Waals surface area contributed by atoms with E-state index in [2.05, 4.69) is 16.0 Å². The predicted molar refractivity (Wildman–Crippen MR) is 86.1 cm³/mol. The van der Waals surface area contributed by atoms with Gasteiger partial charge in [-0.3, -0.25) is 9.88 Å². The zero-order valence-corrected chi connectivity index (χ0v) is 13.6. The highest BCUT2D eigenvalue weighted by molar-refractivity contribution is 5.07. The average Bonchev–Trinajstić information content (AvgIpc) is 2.90. The monoisotopic (exact) mass is 318 g/mol. The van der Waals surface area contributed by atoms with Gasteiger partial charge in [0.15, 0.2) is 0 Å². The molecule has 126 valence electrons. The minimum atomic E-state index is 0.181. The minimum absolute atomic E-state index is 0.181. The Morgan fingerprint density at radius 2 is 2.09 bits per heavy atom. The van der Waals surface area contributed by atoms with Gasteiger partial charge in [0.2, 0.25) is 0 Å². The standard InChI is InChI=1S/C18H26N2O3/c1-2-14(12-19-7-1)13-23-18-16-3-4-17(18)22-11-8-20(16)15-5-9-21-10-6-15/h1-2,7,12,15-18H,3-6,8-11,13H2. The number of fused-ring (bicyclic) bond motifs is 2. The van der Waals surface area contributed by atoms with Crippen LogP contribution in [0.5, 0.6) is 0 Å². The fraction of sp³-hybridized carbons (Fsp3) is 0.722. The van der Waals surface area contributed by atoms with Gasteiger partial charge in [-0.2, -0.15) is 0 Å². The second-order valence-electron chi connectivity index (χ2n) is 6.77. The van der Waals surface area contributed by atoms with Crippen molar-refractivity contribution < 1.29 is 14.2 Å². The van der Waals surface area contributed by atoms with E-state index in [0.717, 1.165) is 51.2 Å². The van der Waals surface area contributed by atoms with Crippen molar-refractivity contribution in [3.05, 3.63) is 30.1 Å². The number of ether oxygens (including phenoxy) is 3. The molecule has 0 spiro atoms. The van der Waals surface area contributed by atoms with Crippen molar-refractivity contribution in [1.82, 2.24) is 9.88 Å². The molecule has 4 rings (SSSR count). The maximum Gasteiger partial charge on any atom is 0.0995 e. The van der Waals surface area contributed by atoms with Crippen molar-refractivity contribution in [2.45, 2.75) is 56.6 Å². The number of rotatable bonds is 4. The molecule has 2 aliphatic heterocycles. The van der Waals surface area contributed by atoms with Gasteiger partial charge in [-0.05, 0) is 37.3 Å². The Kier molecular flexibility index (Phi) is 4.90. The molecule has 3 heterocycles. The highest BCUT2D eigenvalue weighted by atomic mass is 16.5. The Balaban J connectivity index is 1.44. The van der Waals surface area contributed by atoms with Crippen LogP contribution in [0, 0.1) is 0 Å². The fourth-order valence-electron chi connectivity index (χ4n) is 4.28. The lowest BCUT2D eigenvalue weighted by molar-refractivity contribution is -0.0666. The van der Waals surface area contributed by atoms with E-state index in [1.54, 1.807) is 6.20 Å². The molecule has 3 aliphatic rings. The van der Waals surface area contributed by atoms with Crippen molar-refractivity contribution in [1.29, 1.82) is 0 Å². The highest BCUT2D eigenvalue weighted by Gasteiger charge is 2.45. The molecule has 3 unspecified atom stereocenters. The molecule has 5 nitrogen and oxygen atoms in total. The molecule has 5 heteroatoms. The molecular formula is C18H26N2O3. The summed E-state index contributed by atoms with van der Waals surface area (Å²) in [6.45, 7) is 4.25. The molecule has 3 atom stereocenters. The van der Waals surface area contributed by atoms with Gasteiger partial charge in [0.1, 0.15) is 0 Å². The van der Waals surface area contributed by atoms with Gasteiger partial charge >= 0.3 is 0 Å². The lowest BCUT2D eigenvalue weighted by Gasteiger charge is -2.39. The highest BCUT2D eigenvalue weighted by Crippen LogP contribution is 2.35. The molecule has 1 aromatic rings. The van der Waals surface area contributed by atoms with Gasteiger partial charge in [0.25, 0.3) is 0 Å². The van der Waals surface area contributed by atoms with E-state index in [9.17, 15) is 0 Å². The van der Waals surface area contributed by atoms with Crippen LogP contribution >= 0.6 is 0 Å². The van der Waals surface area contributed by atoms with Crippen LogP contribution in [0.2, 0.25) is 0 Å². The van der Waals surface area contributed by atoms with Gasteiger partial charge in [-0.1, -0.05) is 6.07 Å². The Labute approximate surface area is 137 Å². The molecule has 1 saturated carbocycles. The first-order valence-corrected chi connectivity index (χ1v) is 8.87. The molecule has 1 aromatic heterocycles. The van der Waals surface area contributed by atoms with Crippen molar-refractivity contribution >= 4 is 0 Å². The van der Waals surface area contributed by atoms with Crippen LogP contribution in [-0.4, -0.2) is 60.5 Å². The zero-order valence-electron chi connectivity index (χ0n) is 13.6. The van der Waals surface area contributed by atoms with Crippen LogP contribution in [-0.2, 0) is 20.8 Å². The Bertz CT molecular complexity index is 492. The summed E-state index contributed by atoms with van der Waals surface area (Å²) in [7, 11) is 0. The molecule has 1 aliphatic carbocycles. The number of aromatic nitrogens is 1. The largest absolute Gasteiger partial charge is 0.381 e. The summed E-state index contributed by atoms with van der Waals surface area (Å²) in [6, 6.07) is 5.15. The minimum Gasteiger partial charge on any atom is -0.381 e. The lowest BCUT2D eigenvalue weighted by atomic mass is 10.0. The summed E-state index contributed by atoms with van der Waals surface area (Å²) in [4.78, 5) is 6.83. The normalized spacial score (nSPS) is 32.8. The van der Waals surface area contributed by atoms with Gasteiger partial charge < -0.3 is 14.2 Å². The Morgan fingerprint density at radius 3 is 2.91 bits per heavy atom. The third-order valence-electron chi connectivity index (χ3n) is 5.43. The van der Waals surface area contributed by atoms with Crippen molar-refractivity contribution in [2.75, 3.05) is 26.4 Å². The summed E-state index contributed by atoms with van der Waals surface area (Å²) in [5.74, 6) is 0. The van der Waals surface area contributed by atoms with Crippen molar-refractivity contribution in [2.24, 2.45) is 0 Å². The SMILES string of the molecule is c1cncc(COC2C3CCC2N(C2CCOCC2)CCO3)c1. The van der Waals surface area contributed by atoms with E-state index in [0.29, 0.717) is 18.7 Å². The third-order valence-corrected chi connectivity index (χ3v) is 5.43. The summed E-state index contributed by atoms with van der Waals surface area (Å²) in [5.41, 5.74) is 1.13. The van der Waals surface area contributed by atoms with Crippen LogP contribution in [0.4, 0.5) is 0 Å². The molecule has 23 heavy (non-hydrogen) atoms. The van der Waals surface area contributed by atoms with Crippen molar-refractivity contribution in [3.8, 4) is 0 Å². The van der Waals surface area contributed by atoms with Gasteiger partial charge in [-0.15, -0.1) is 0 Å². The van der Waals surface area contributed by atoms with Crippen LogP contribution in [0.1, 0.15) is 31.2 Å². The van der Waals surface area contributed by atoms with E-state index >= 15 is 0 Å². The van der Waals surface area contributed by atoms with E-state index in [-0.39, 0.29) is 12.2 Å². The smallest absolute Gasteiger partial charge is 0.0995 e. The number of nitrogens with zero attached hydrogens (tertiary/aromatic N) is 2. The van der Waals surface area contributed by atoms with E-state index in [4.69, 9.17) is 14.2 Å². The third kappa shape index (κ3) is 3.43. The zero-order chi connectivity index (χ0) is 15.5. The van der Waals surface area contributed by atoms with E-state index in [1.807, 2.05) is 12.3 Å². The quantitative estimate of drug-likeness (QED) is 0.850. The summed E-state index contributed by atoms with van der Waals surface area (Å²) >= 11 is 0. The average molecular weight is 318 g/mol. The first kappa shape index (κ1) is 15.5. The topological polar surface area (TPSA) is 43.8 Å². The van der Waals surface area contributed by atoms with Crippen LogP contribution in [0.25, 0.3) is 0 Å². The van der Waals surface area contributed by atoms with E-state index < -0.39 is 0 Å². The number of pyridine rings is 1. The van der Waals surface area contributed by atoms with Crippen LogP contribution < -0.4 is 0 Å². The summed E-state index contributed by atoms with van der Waals surface area (Å²) in [5, 5.41) is 0. The molecule has 0 N–H and O–H groups in total. The molecular weight excluding hydrogens is 292 g/mol. The number of hydrogen-bond acceptors (Lipinski definition) is 5. The summed E-state index contributed by atoms with van der Waals surface area (Å²) in [6.07, 6.45) is 8.68. The van der Waals surface area contributed by atoms with Crippen LogP contribution in [0.3, 0.4) is 0 Å². The van der Waals surface area contributed by atoms with E-state index in [1.165, 1.54) is 6.42 Å². The molecule has 2 bridgehead atoms. The number of hydrogen-bond donors (Lipinski definition) is 0. The van der Waals surface area contributed by atoms with Gasteiger partial charge in [0.05, 0.1) is 25.4 Å². The maximum atomic E-state index is 6.32. The van der Waals surface area contributed by atoms with Gasteiger partial charge in [0, 0.05) is 44.2 Å². The molecule has 2 saturated heterocycles. The second kappa shape index (κ2) is 7.26. The molecule has 0 radical (unpaired) electrons. The second-order valence-corrected chi connectivity index (χ2v) is 6.77. The van der Waals surface area contributed by atoms with Crippen molar-refractivity contribution in [3.63, 3.8) is 0 Å². The maximum absolute atomic E-state index is 6.32. The molecule has 0 amide bonds. The predicted octanol–water partition coefficient (Wildman–Crippen LogP) is 2.01.